The summed E-state index contributed by atoms with van der Waals surface area (Å²) in [6, 6.07) is 13.3. The number of fused-ring (bicyclic) bond motifs is 6. The molecule has 224 valence electrons. The highest BCUT2D eigenvalue weighted by Crippen LogP contribution is 2.50. The van der Waals surface area contributed by atoms with Crippen LogP contribution in [0.1, 0.15) is 30.1 Å². The molecule has 3 heterocycles. The lowest BCUT2D eigenvalue weighted by Gasteiger charge is -2.52. The van der Waals surface area contributed by atoms with E-state index in [1.165, 1.54) is 23.8 Å². The number of carbonyl (C=O) groups is 2. The molecule has 2 aliphatic heterocycles. The second-order valence-corrected chi connectivity index (χ2v) is 11.3. The van der Waals surface area contributed by atoms with Gasteiger partial charge >= 0.3 is 11.9 Å². The quantitative estimate of drug-likeness (QED) is 0.398. The number of benzene rings is 2. The summed E-state index contributed by atoms with van der Waals surface area (Å²) in [6.07, 6.45) is 1.11. The van der Waals surface area contributed by atoms with Crippen molar-refractivity contribution in [3.8, 4) is 17.2 Å². The van der Waals surface area contributed by atoms with Crippen molar-refractivity contribution in [3.63, 3.8) is 0 Å². The monoisotopic (exact) mass is 578 g/mol. The lowest BCUT2D eigenvalue weighted by atomic mass is 9.64. The van der Waals surface area contributed by atoms with Crippen molar-refractivity contribution < 1.29 is 38.0 Å². The van der Waals surface area contributed by atoms with Crippen molar-refractivity contribution in [3.05, 3.63) is 53.7 Å². The van der Waals surface area contributed by atoms with Crippen molar-refractivity contribution >= 4 is 22.8 Å². The average molecular weight is 579 g/mol. The van der Waals surface area contributed by atoms with Crippen LogP contribution in [0.25, 0.3) is 10.9 Å². The zero-order chi connectivity index (χ0) is 29.4. The molecule has 0 amide bonds. The lowest BCUT2D eigenvalue weighted by Crippen LogP contribution is -2.58. The van der Waals surface area contributed by atoms with Crippen LogP contribution in [0.15, 0.2) is 42.5 Å². The first kappa shape index (κ1) is 28.4. The number of hydrogen-bond acceptors (Lipinski definition) is 9. The zero-order valence-corrected chi connectivity index (χ0v) is 24.5. The number of rotatable bonds is 8. The van der Waals surface area contributed by atoms with E-state index in [9.17, 15) is 9.59 Å². The largest absolute Gasteiger partial charge is 0.497 e. The van der Waals surface area contributed by atoms with Crippen LogP contribution in [0.4, 0.5) is 0 Å². The van der Waals surface area contributed by atoms with Gasteiger partial charge in [0.05, 0.1) is 33.3 Å². The maximum Gasteiger partial charge on any atom is 0.344 e. The first-order valence-corrected chi connectivity index (χ1v) is 14.4. The minimum absolute atomic E-state index is 0.0149. The molecule has 1 N–H and O–H groups in total. The highest BCUT2D eigenvalue weighted by atomic mass is 16.6. The Bertz CT molecular complexity index is 1440. The van der Waals surface area contributed by atoms with Crippen molar-refractivity contribution in [2.75, 3.05) is 48.1 Å². The summed E-state index contributed by atoms with van der Waals surface area (Å²) in [5.41, 5.74) is 3.62. The molecule has 2 fully saturated rings. The first-order chi connectivity index (χ1) is 20.4. The Labute approximate surface area is 245 Å². The van der Waals surface area contributed by atoms with Crippen LogP contribution >= 0.6 is 0 Å². The summed E-state index contributed by atoms with van der Waals surface area (Å²) in [5.74, 6) is 0.800. The zero-order valence-electron chi connectivity index (χ0n) is 24.5. The smallest absolute Gasteiger partial charge is 0.344 e. The molecule has 0 radical (unpaired) electrons. The third-order valence-corrected chi connectivity index (χ3v) is 9.30. The maximum atomic E-state index is 13.3. The topological polar surface area (TPSA) is 109 Å². The number of aromatic nitrogens is 1. The third-order valence-electron chi connectivity index (χ3n) is 9.30. The van der Waals surface area contributed by atoms with Gasteiger partial charge in [0, 0.05) is 42.9 Å². The Kier molecular flexibility index (Phi) is 8.00. The molecule has 1 aromatic heterocycles. The van der Waals surface area contributed by atoms with Gasteiger partial charge in [-0.1, -0.05) is 0 Å². The molecule has 6 atom stereocenters. The van der Waals surface area contributed by atoms with E-state index < -0.39 is 24.1 Å². The van der Waals surface area contributed by atoms with Gasteiger partial charge in [0.15, 0.2) is 6.61 Å². The molecule has 3 aliphatic rings. The predicted octanol–water partition coefficient (Wildman–Crippen LogP) is 3.92. The minimum atomic E-state index is -0.620. The molecule has 2 aromatic carbocycles. The van der Waals surface area contributed by atoms with E-state index in [1.807, 2.05) is 12.1 Å². The number of H-pyrrole nitrogens is 1. The fraction of sp³-hybridized carbons (Fsp3) is 0.500. The molecule has 0 bridgehead atoms. The number of aromatic amines is 1. The molecule has 10 nitrogen and oxygen atoms in total. The highest BCUT2D eigenvalue weighted by molar-refractivity contribution is 5.86. The molecule has 1 aliphatic carbocycles. The summed E-state index contributed by atoms with van der Waals surface area (Å²) < 4.78 is 33.4. The molecule has 10 heteroatoms. The van der Waals surface area contributed by atoms with E-state index in [2.05, 4.69) is 16.0 Å². The Morgan fingerprint density at radius 2 is 1.69 bits per heavy atom. The third kappa shape index (κ3) is 5.18. The number of nitrogens with zero attached hydrogens (tertiary/aromatic N) is 1. The van der Waals surface area contributed by atoms with E-state index in [0.29, 0.717) is 17.9 Å². The molecule has 1 saturated carbocycles. The van der Waals surface area contributed by atoms with Crippen LogP contribution in [0, 0.1) is 17.8 Å². The maximum absolute atomic E-state index is 13.3. The molecule has 1 saturated heterocycles. The van der Waals surface area contributed by atoms with Gasteiger partial charge in [-0.2, -0.15) is 0 Å². The number of methoxy groups -OCH3 is 4. The summed E-state index contributed by atoms with van der Waals surface area (Å²) in [4.78, 5) is 32.4. The van der Waals surface area contributed by atoms with Crippen LogP contribution in [0.3, 0.4) is 0 Å². The van der Waals surface area contributed by atoms with Crippen molar-refractivity contribution in [2.45, 2.75) is 37.5 Å². The van der Waals surface area contributed by atoms with Gasteiger partial charge in [-0.25, -0.2) is 4.79 Å². The second-order valence-electron chi connectivity index (χ2n) is 11.3. The molecule has 3 aromatic rings. The van der Waals surface area contributed by atoms with Crippen molar-refractivity contribution in [1.82, 2.24) is 9.88 Å². The van der Waals surface area contributed by atoms with E-state index in [0.717, 1.165) is 37.2 Å². The normalized spacial score (nSPS) is 26.9. The Morgan fingerprint density at radius 3 is 2.40 bits per heavy atom. The fourth-order valence-corrected chi connectivity index (χ4v) is 7.37. The van der Waals surface area contributed by atoms with Crippen LogP contribution in [0.2, 0.25) is 0 Å². The van der Waals surface area contributed by atoms with Gasteiger partial charge in [-0.15, -0.1) is 0 Å². The van der Waals surface area contributed by atoms with Gasteiger partial charge in [0.2, 0.25) is 0 Å². The summed E-state index contributed by atoms with van der Waals surface area (Å²) in [6.45, 7) is 1.48. The Balaban J connectivity index is 1.21. The van der Waals surface area contributed by atoms with Crippen LogP contribution in [-0.4, -0.2) is 82.2 Å². The summed E-state index contributed by atoms with van der Waals surface area (Å²) in [7, 11) is 6.23. The van der Waals surface area contributed by atoms with Gasteiger partial charge in [0.1, 0.15) is 29.5 Å². The molecule has 0 unspecified atom stereocenters. The van der Waals surface area contributed by atoms with Crippen LogP contribution in [-0.2, 0) is 30.2 Å². The van der Waals surface area contributed by atoms with Gasteiger partial charge in [-0.3, -0.25) is 9.69 Å². The summed E-state index contributed by atoms with van der Waals surface area (Å²) >= 11 is 0. The van der Waals surface area contributed by atoms with E-state index >= 15 is 0 Å². The summed E-state index contributed by atoms with van der Waals surface area (Å²) in [5, 5.41) is 1.22. The van der Waals surface area contributed by atoms with Crippen molar-refractivity contribution in [2.24, 2.45) is 17.8 Å². The first-order valence-electron chi connectivity index (χ1n) is 14.4. The van der Waals surface area contributed by atoms with Crippen LogP contribution in [0.5, 0.6) is 17.2 Å². The van der Waals surface area contributed by atoms with E-state index in [4.69, 9.17) is 28.4 Å². The number of nitrogens with one attached hydrogen (secondary N) is 1. The number of piperidine rings is 1. The standard InChI is InChI=1S/C32H38N2O8/c1-37-19-5-7-20(8-6-19)41-17-28(35)42-27-13-18-16-34-12-11-23-22-10-9-21(38-2)14-25(22)33-30(23)26(34)15-24(18)29(31(27)39-3)32(36)40-4/h5-10,14,18,24,26-27,29,31,33H,11-13,15-17H2,1-4H3/t18-,24+,26-,27-,29+,31+/m1/s1. The molecule has 42 heavy (non-hydrogen) atoms. The molecular formula is C32H38N2O8. The SMILES string of the molecule is COC(=O)[C@H]1[C@H]2C[C@@H]3c4[nH]c5cc(OC)ccc5c4CCN3C[C@H]2C[C@@H](OC(=O)COc2ccc(OC)cc2)[C@@H]1OC. The molecule has 0 spiro atoms. The number of hydrogen-bond donors (Lipinski definition) is 1. The Hall–Kier alpha value is -3.76. The fourth-order valence-electron chi connectivity index (χ4n) is 7.37. The average Bonchev–Trinajstić information content (AvgIpc) is 3.40. The van der Waals surface area contributed by atoms with Gasteiger partial charge in [-0.05, 0) is 73.1 Å². The number of esters is 2. The van der Waals surface area contributed by atoms with Gasteiger partial charge in [0.25, 0.3) is 0 Å². The van der Waals surface area contributed by atoms with Gasteiger partial charge < -0.3 is 33.4 Å². The van der Waals surface area contributed by atoms with Crippen molar-refractivity contribution in [1.29, 1.82) is 0 Å². The molecule has 6 rings (SSSR count). The Morgan fingerprint density at radius 1 is 0.952 bits per heavy atom. The van der Waals surface area contributed by atoms with E-state index in [-0.39, 0.29) is 30.5 Å². The number of ether oxygens (including phenoxy) is 6. The van der Waals surface area contributed by atoms with Crippen LogP contribution < -0.4 is 14.2 Å². The predicted molar refractivity (Wildman–Crippen MR) is 154 cm³/mol. The van der Waals surface area contributed by atoms with E-state index in [1.54, 1.807) is 45.6 Å². The highest BCUT2D eigenvalue weighted by Gasteiger charge is 2.54. The number of carbonyl (C=O) groups excluding carboxylic acids is 2. The molecular weight excluding hydrogens is 540 g/mol. The minimum Gasteiger partial charge on any atom is -0.497 e. The lowest BCUT2D eigenvalue weighted by molar-refractivity contribution is -0.190. The second kappa shape index (κ2) is 11.9.